The molecule has 0 aliphatic rings. The normalized spacial score (nSPS) is 11.3. The van der Waals surface area contributed by atoms with Crippen molar-refractivity contribution in [1.82, 2.24) is 4.31 Å². The molecule has 150 valence electrons. The molecule has 28 heavy (non-hydrogen) atoms. The second kappa shape index (κ2) is 9.48. The number of methoxy groups -OCH3 is 1. The summed E-state index contributed by atoms with van der Waals surface area (Å²) >= 11 is 0. The Kier molecular flexibility index (Phi) is 7.31. The number of carbonyl (C=O) groups is 2. The Labute approximate surface area is 164 Å². The summed E-state index contributed by atoms with van der Waals surface area (Å²) in [5.74, 6) is -1.06. The molecule has 0 heterocycles. The van der Waals surface area contributed by atoms with Crippen LogP contribution in [0.5, 0.6) is 0 Å². The number of rotatable bonds is 8. The molecule has 2 aromatic carbocycles. The molecule has 2 rings (SSSR count). The second-order valence-corrected chi connectivity index (χ2v) is 7.82. The third-order valence-electron chi connectivity index (χ3n) is 4.15. The first-order valence-electron chi connectivity index (χ1n) is 8.78. The maximum absolute atomic E-state index is 12.5. The van der Waals surface area contributed by atoms with Crippen LogP contribution in [0.1, 0.15) is 40.1 Å². The molecule has 7 nitrogen and oxygen atoms in total. The predicted molar refractivity (Wildman–Crippen MR) is 103 cm³/mol. The SMILES string of the molecule is CCN(CC)S(=O)(=O)c1ccc(C(=O)OCc2cccc(C(=O)OC)c2)cc1. The zero-order valence-electron chi connectivity index (χ0n) is 16.0. The van der Waals surface area contributed by atoms with Crippen molar-refractivity contribution in [3.8, 4) is 0 Å². The molecule has 0 atom stereocenters. The second-order valence-electron chi connectivity index (χ2n) is 5.88. The van der Waals surface area contributed by atoms with E-state index in [1.54, 1.807) is 38.1 Å². The van der Waals surface area contributed by atoms with Gasteiger partial charge in [-0.2, -0.15) is 4.31 Å². The average molecular weight is 405 g/mol. The van der Waals surface area contributed by atoms with Gasteiger partial charge in [0.15, 0.2) is 0 Å². The Hall–Kier alpha value is -2.71. The van der Waals surface area contributed by atoms with Gasteiger partial charge in [0.2, 0.25) is 10.0 Å². The summed E-state index contributed by atoms with van der Waals surface area (Å²) in [7, 11) is -2.29. The number of benzene rings is 2. The molecule has 0 aromatic heterocycles. The van der Waals surface area contributed by atoms with Crippen LogP contribution in [0.2, 0.25) is 0 Å². The van der Waals surface area contributed by atoms with Crippen molar-refractivity contribution in [3.05, 3.63) is 65.2 Å². The fraction of sp³-hybridized carbons (Fsp3) is 0.300. The minimum Gasteiger partial charge on any atom is -0.465 e. The van der Waals surface area contributed by atoms with Gasteiger partial charge in [0, 0.05) is 13.1 Å². The van der Waals surface area contributed by atoms with E-state index < -0.39 is 22.0 Å². The van der Waals surface area contributed by atoms with Crippen molar-refractivity contribution in [1.29, 1.82) is 0 Å². The molecule has 0 bridgehead atoms. The molecular formula is C20H23NO6S. The minimum atomic E-state index is -3.58. The smallest absolute Gasteiger partial charge is 0.338 e. The van der Waals surface area contributed by atoms with Crippen LogP contribution < -0.4 is 0 Å². The molecule has 0 radical (unpaired) electrons. The zero-order valence-corrected chi connectivity index (χ0v) is 16.9. The average Bonchev–Trinajstić information content (AvgIpc) is 2.72. The third kappa shape index (κ3) is 4.96. The first-order valence-corrected chi connectivity index (χ1v) is 10.2. The minimum absolute atomic E-state index is 0.0246. The Bertz CT molecular complexity index is 933. The molecule has 0 aliphatic carbocycles. The number of esters is 2. The van der Waals surface area contributed by atoms with Crippen molar-refractivity contribution >= 4 is 22.0 Å². The van der Waals surface area contributed by atoms with Crippen molar-refractivity contribution in [3.63, 3.8) is 0 Å². The summed E-state index contributed by atoms with van der Waals surface area (Å²) in [5, 5.41) is 0. The number of sulfonamides is 1. The van der Waals surface area contributed by atoms with Crippen LogP contribution in [0.15, 0.2) is 53.4 Å². The number of hydrogen-bond donors (Lipinski definition) is 0. The highest BCUT2D eigenvalue weighted by atomic mass is 32.2. The van der Waals surface area contributed by atoms with Crippen molar-refractivity contribution in [2.75, 3.05) is 20.2 Å². The molecule has 0 unspecified atom stereocenters. The first-order chi connectivity index (χ1) is 13.3. The van der Waals surface area contributed by atoms with E-state index in [0.717, 1.165) is 0 Å². The van der Waals surface area contributed by atoms with E-state index in [0.29, 0.717) is 24.2 Å². The van der Waals surface area contributed by atoms with Crippen LogP contribution in [-0.4, -0.2) is 44.9 Å². The third-order valence-corrected chi connectivity index (χ3v) is 6.22. The van der Waals surface area contributed by atoms with Gasteiger partial charge >= 0.3 is 11.9 Å². The van der Waals surface area contributed by atoms with Crippen molar-refractivity contribution < 1.29 is 27.5 Å². The molecule has 0 spiro atoms. The Morgan fingerprint density at radius 1 is 0.929 bits per heavy atom. The summed E-state index contributed by atoms with van der Waals surface area (Å²) in [5.41, 5.74) is 1.24. The molecule has 0 fully saturated rings. The van der Waals surface area contributed by atoms with Gasteiger partial charge in [-0.05, 0) is 42.0 Å². The van der Waals surface area contributed by atoms with Gasteiger partial charge in [-0.3, -0.25) is 0 Å². The fourth-order valence-electron chi connectivity index (χ4n) is 2.61. The van der Waals surface area contributed by atoms with Crippen LogP contribution in [0.25, 0.3) is 0 Å². The number of hydrogen-bond acceptors (Lipinski definition) is 6. The fourth-order valence-corrected chi connectivity index (χ4v) is 4.07. The lowest BCUT2D eigenvalue weighted by Gasteiger charge is -2.18. The quantitative estimate of drug-likeness (QED) is 0.628. The summed E-state index contributed by atoms with van der Waals surface area (Å²) in [6.45, 7) is 4.24. The predicted octanol–water partition coefficient (Wildman–Crippen LogP) is 2.86. The Morgan fingerprint density at radius 3 is 2.14 bits per heavy atom. The zero-order chi connectivity index (χ0) is 20.7. The van der Waals surface area contributed by atoms with Gasteiger partial charge in [-0.25, -0.2) is 18.0 Å². The number of nitrogens with zero attached hydrogens (tertiary/aromatic N) is 1. The summed E-state index contributed by atoms with van der Waals surface area (Å²) in [4.78, 5) is 23.9. The highest BCUT2D eigenvalue weighted by molar-refractivity contribution is 7.89. The van der Waals surface area contributed by atoms with Gasteiger partial charge < -0.3 is 9.47 Å². The molecule has 0 amide bonds. The lowest BCUT2D eigenvalue weighted by molar-refractivity contribution is 0.0472. The molecule has 0 saturated carbocycles. The maximum atomic E-state index is 12.5. The highest BCUT2D eigenvalue weighted by Gasteiger charge is 2.21. The Morgan fingerprint density at radius 2 is 1.57 bits per heavy atom. The van der Waals surface area contributed by atoms with E-state index >= 15 is 0 Å². The van der Waals surface area contributed by atoms with E-state index in [1.807, 2.05) is 0 Å². The summed E-state index contributed by atoms with van der Waals surface area (Å²) in [6, 6.07) is 12.2. The standard InChI is InChI=1S/C20H23NO6S/c1-4-21(5-2)28(24,25)18-11-9-16(10-12-18)20(23)27-14-15-7-6-8-17(13-15)19(22)26-3/h6-13H,4-5,14H2,1-3H3. The van der Waals surface area contributed by atoms with Crippen LogP contribution in [-0.2, 0) is 26.1 Å². The van der Waals surface area contributed by atoms with Crippen LogP contribution in [0, 0.1) is 0 Å². The number of carbonyl (C=O) groups excluding carboxylic acids is 2. The molecule has 0 N–H and O–H groups in total. The lowest BCUT2D eigenvalue weighted by atomic mass is 10.1. The van der Waals surface area contributed by atoms with Gasteiger partial charge in [-0.15, -0.1) is 0 Å². The van der Waals surface area contributed by atoms with Crippen molar-refractivity contribution in [2.24, 2.45) is 0 Å². The molecular weight excluding hydrogens is 382 g/mol. The van der Waals surface area contributed by atoms with E-state index in [4.69, 9.17) is 4.74 Å². The van der Waals surface area contributed by atoms with E-state index in [-0.39, 0.29) is 17.1 Å². The summed E-state index contributed by atoms with van der Waals surface area (Å²) < 4.78 is 36.2. The van der Waals surface area contributed by atoms with E-state index in [2.05, 4.69) is 4.74 Å². The first kappa shape index (κ1) is 21.6. The monoisotopic (exact) mass is 405 g/mol. The van der Waals surface area contributed by atoms with Gasteiger partial charge in [0.25, 0.3) is 0 Å². The van der Waals surface area contributed by atoms with Crippen LogP contribution in [0.3, 0.4) is 0 Å². The van der Waals surface area contributed by atoms with E-state index in [9.17, 15) is 18.0 Å². The maximum Gasteiger partial charge on any atom is 0.338 e. The van der Waals surface area contributed by atoms with Gasteiger partial charge in [0.1, 0.15) is 6.61 Å². The summed E-state index contributed by atoms with van der Waals surface area (Å²) in [6.07, 6.45) is 0. The molecule has 8 heteroatoms. The molecule has 0 saturated heterocycles. The lowest BCUT2D eigenvalue weighted by Crippen LogP contribution is -2.30. The highest BCUT2D eigenvalue weighted by Crippen LogP contribution is 2.17. The van der Waals surface area contributed by atoms with Crippen LogP contribution in [0.4, 0.5) is 0 Å². The largest absolute Gasteiger partial charge is 0.465 e. The Balaban J connectivity index is 2.07. The van der Waals surface area contributed by atoms with Gasteiger partial charge in [-0.1, -0.05) is 26.0 Å². The van der Waals surface area contributed by atoms with Crippen molar-refractivity contribution in [2.45, 2.75) is 25.3 Å². The van der Waals surface area contributed by atoms with Gasteiger partial charge in [0.05, 0.1) is 23.1 Å². The molecule has 2 aromatic rings. The van der Waals surface area contributed by atoms with E-state index in [1.165, 1.54) is 35.7 Å². The topological polar surface area (TPSA) is 90.0 Å². The van der Waals surface area contributed by atoms with Crippen LogP contribution >= 0.6 is 0 Å². The molecule has 0 aliphatic heterocycles. The number of ether oxygens (including phenoxy) is 2.